The molecule has 3 aromatic carbocycles. The molecule has 7 heteroatoms. The summed E-state index contributed by atoms with van der Waals surface area (Å²) in [5.74, 6) is 0.694. The van der Waals surface area contributed by atoms with E-state index in [4.69, 9.17) is 9.97 Å². The van der Waals surface area contributed by atoms with E-state index in [1.807, 2.05) is 32.0 Å². The van der Waals surface area contributed by atoms with Gasteiger partial charge in [0.2, 0.25) is 0 Å². The molecular formula is C31H22N6S. The van der Waals surface area contributed by atoms with E-state index < -0.39 is 0 Å². The number of aromatic nitrogens is 6. The molecule has 38 heavy (non-hydrogen) atoms. The van der Waals surface area contributed by atoms with Crippen LogP contribution in [0.3, 0.4) is 0 Å². The minimum atomic E-state index is 0.515. The van der Waals surface area contributed by atoms with Gasteiger partial charge in [-0.3, -0.25) is 4.57 Å². The zero-order valence-electron chi connectivity index (χ0n) is 20.8. The molecule has 0 aliphatic carbocycles. The molecule has 8 aromatic rings. The van der Waals surface area contributed by atoms with Crippen molar-refractivity contribution in [1.82, 2.24) is 29.5 Å². The van der Waals surface area contributed by atoms with Gasteiger partial charge in [-0.25, -0.2) is 24.9 Å². The summed E-state index contributed by atoms with van der Waals surface area (Å²) in [6.45, 7) is 4.00. The Morgan fingerprint density at radius 2 is 1.45 bits per heavy atom. The molecule has 0 bridgehead atoms. The first-order valence-electron chi connectivity index (χ1n) is 12.6. The molecule has 5 heterocycles. The maximum Gasteiger partial charge on any atom is 0.199 e. The molecule has 0 saturated carbocycles. The molecule has 0 aliphatic rings. The van der Waals surface area contributed by atoms with Crippen LogP contribution in [0.2, 0.25) is 0 Å². The van der Waals surface area contributed by atoms with Crippen LogP contribution in [0.15, 0.2) is 97.5 Å². The molecule has 0 saturated heterocycles. The molecule has 0 N–H and O–H groups in total. The average molecular weight is 511 g/mol. The van der Waals surface area contributed by atoms with Crippen LogP contribution in [0.25, 0.3) is 70.5 Å². The highest BCUT2D eigenvalue weighted by Crippen LogP contribution is 2.42. The lowest BCUT2D eigenvalue weighted by Gasteiger charge is -2.08. The molecule has 5 aromatic heterocycles. The van der Waals surface area contributed by atoms with Crippen molar-refractivity contribution < 1.29 is 0 Å². The van der Waals surface area contributed by atoms with E-state index in [9.17, 15) is 0 Å². The summed E-state index contributed by atoms with van der Waals surface area (Å²) in [6.07, 6.45) is 5.05. The highest BCUT2D eigenvalue weighted by molar-refractivity contribution is 7.26. The number of rotatable bonds is 2. The van der Waals surface area contributed by atoms with Crippen molar-refractivity contribution in [2.45, 2.75) is 13.8 Å². The molecule has 182 valence electrons. The quantitative estimate of drug-likeness (QED) is 0.236. The van der Waals surface area contributed by atoms with Gasteiger partial charge in [0, 0.05) is 43.5 Å². The second-order valence-corrected chi connectivity index (χ2v) is 9.71. The molecule has 0 fully saturated rings. The number of hydrogen-bond acceptors (Lipinski definition) is 6. The molecule has 8 rings (SSSR count). The Balaban J connectivity index is 0.00000118. The van der Waals surface area contributed by atoms with Gasteiger partial charge in [-0.1, -0.05) is 62.4 Å². The van der Waals surface area contributed by atoms with Gasteiger partial charge in [0.15, 0.2) is 17.1 Å². The van der Waals surface area contributed by atoms with Crippen LogP contribution in [-0.4, -0.2) is 29.5 Å². The molecule has 0 aliphatic heterocycles. The lowest BCUT2D eigenvalue weighted by molar-refractivity contribution is 1.05. The molecule has 0 atom stereocenters. The number of fused-ring (bicyclic) bond motifs is 8. The fourth-order valence-corrected chi connectivity index (χ4v) is 6.15. The number of nitrogens with zero attached hydrogens (tertiary/aromatic N) is 6. The number of thiophene rings is 1. The first-order valence-corrected chi connectivity index (χ1v) is 13.4. The van der Waals surface area contributed by atoms with E-state index in [2.05, 4.69) is 80.2 Å². The number of pyridine rings is 1. The second kappa shape index (κ2) is 8.97. The largest absolute Gasteiger partial charge is 0.290 e. The monoisotopic (exact) mass is 510 g/mol. The Kier molecular flexibility index (Phi) is 5.30. The third-order valence-electron chi connectivity index (χ3n) is 6.59. The van der Waals surface area contributed by atoms with Crippen molar-refractivity contribution >= 4 is 64.7 Å². The third-order valence-corrected chi connectivity index (χ3v) is 7.73. The second-order valence-electron chi connectivity index (χ2n) is 8.63. The summed E-state index contributed by atoms with van der Waals surface area (Å²) in [7, 11) is 0. The van der Waals surface area contributed by atoms with E-state index >= 15 is 0 Å². The van der Waals surface area contributed by atoms with Gasteiger partial charge in [-0.05, 0) is 30.3 Å². The highest BCUT2D eigenvalue weighted by atomic mass is 32.1. The standard InChI is InChI=1S/C29H16N6S.C2H6/c1-2-6-17(7-3-1)20-11-12-21-26(33-20)19-10-13-23-25(18-8-4-5-9-22(18)36-23)27(19)35(21)24-16-32-28-29(34-24)31-15-14-30-28;1-2/h1-16H;1-2H3. The van der Waals surface area contributed by atoms with E-state index in [0.29, 0.717) is 17.1 Å². The van der Waals surface area contributed by atoms with E-state index in [-0.39, 0.29) is 0 Å². The lowest BCUT2D eigenvalue weighted by Crippen LogP contribution is -2.01. The van der Waals surface area contributed by atoms with Crippen LogP contribution in [0.4, 0.5) is 0 Å². The fourth-order valence-electron chi connectivity index (χ4n) is 5.04. The highest BCUT2D eigenvalue weighted by Gasteiger charge is 2.20. The number of hydrogen-bond donors (Lipinski definition) is 0. The van der Waals surface area contributed by atoms with Gasteiger partial charge >= 0.3 is 0 Å². The Bertz CT molecular complexity index is 2110. The summed E-state index contributed by atoms with van der Waals surface area (Å²) in [4.78, 5) is 23.3. The first kappa shape index (κ1) is 22.4. The van der Waals surface area contributed by atoms with Crippen molar-refractivity contribution in [1.29, 1.82) is 0 Å². The molecule has 0 radical (unpaired) electrons. The van der Waals surface area contributed by atoms with Gasteiger partial charge < -0.3 is 0 Å². The van der Waals surface area contributed by atoms with E-state index in [0.717, 1.165) is 33.2 Å². The van der Waals surface area contributed by atoms with Gasteiger partial charge in [-0.2, -0.15) is 0 Å². The van der Waals surface area contributed by atoms with Gasteiger partial charge in [0.05, 0.1) is 28.4 Å². The van der Waals surface area contributed by atoms with E-state index in [1.54, 1.807) is 29.9 Å². The average Bonchev–Trinajstić information content (AvgIpc) is 3.53. The Morgan fingerprint density at radius 3 is 2.32 bits per heavy atom. The molecule has 0 amide bonds. The van der Waals surface area contributed by atoms with Gasteiger partial charge in [0.1, 0.15) is 0 Å². The first-order chi connectivity index (χ1) is 18.8. The Morgan fingerprint density at radius 1 is 0.658 bits per heavy atom. The summed E-state index contributed by atoms with van der Waals surface area (Å²) in [5.41, 5.74) is 6.06. The van der Waals surface area contributed by atoms with Gasteiger partial charge in [-0.15, -0.1) is 11.3 Å². The van der Waals surface area contributed by atoms with Crippen molar-refractivity contribution in [2.24, 2.45) is 0 Å². The summed E-state index contributed by atoms with van der Waals surface area (Å²) in [5, 5.41) is 3.51. The maximum atomic E-state index is 5.16. The Hall–Kier alpha value is -4.75. The zero-order chi connectivity index (χ0) is 25.6. The van der Waals surface area contributed by atoms with Gasteiger partial charge in [0.25, 0.3) is 0 Å². The smallest absolute Gasteiger partial charge is 0.199 e. The van der Waals surface area contributed by atoms with Crippen LogP contribution in [-0.2, 0) is 0 Å². The predicted molar refractivity (Wildman–Crippen MR) is 157 cm³/mol. The predicted octanol–water partition coefficient (Wildman–Crippen LogP) is 7.97. The third kappa shape index (κ3) is 3.36. The summed E-state index contributed by atoms with van der Waals surface area (Å²) < 4.78 is 4.66. The summed E-state index contributed by atoms with van der Waals surface area (Å²) >= 11 is 1.80. The van der Waals surface area contributed by atoms with Crippen LogP contribution in [0, 0.1) is 0 Å². The Labute approximate surface area is 222 Å². The molecule has 0 unspecified atom stereocenters. The van der Waals surface area contributed by atoms with Crippen molar-refractivity contribution in [3.05, 3.63) is 97.5 Å². The molecular weight excluding hydrogens is 488 g/mol. The normalized spacial score (nSPS) is 11.4. The van der Waals surface area contributed by atoms with Crippen molar-refractivity contribution in [3.63, 3.8) is 0 Å². The summed E-state index contributed by atoms with van der Waals surface area (Å²) in [6, 6.07) is 27.4. The maximum absolute atomic E-state index is 5.16. The van der Waals surface area contributed by atoms with Crippen LogP contribution in [0.5, 0.6) is 0 Å². The molecule has 6 nitrogen and oxygen atoms in total. The lowest BCUT2D eigenvalue weighted by atomic mass is 10.1. The molecule has 0 spiro atoms. The minimum absolute atomic E-state index is 0.515. The minimum Gasteiger partial charge on any atom is -0.290 e. The zero-order valence-corrected chi connectivity index (χ0v) is 21.6. The van der Waals surface area contributed by atoms with Crippen molar-refractivity contribution in [2.75, 3.05) is 0 Å². The SMILES string of the molecule is CC.c1ccc(-c2ccc3c(n2)c2ccc4sc5ccccc5c4c2n3-c2cnc3nccnc3n2)cc1. The van der Waals surface area contributed by atoms with E-state index in [1.165, 1.54) is 20.2 Å². The van der Waals surface area contributed by atoms with Crippen molar-refractivity contribution in [3.8, 4) is 17.1 Å². The fraction of sp³-hybridized carbons (Fsp3) is 0.0645. The van der Waals surface area contributed by atoms with Crippen LogP contribution in [0.1, 0.15) is 13.8 Å². The van der Waals surface area contributed by atoms with Crippen LogP contribution >= 0.6 is 11.3 Å². The number of benzene rings is 3. The van der Waals surface area contributed by atoms with Crippen LogP contribution < -0.4 is 0 Å². The topological polar surface area (TPSA) is 69.4 Å².